The van der Waals surface area contributed by atoms with Gasteiger partial charge in [-0.3, -0.25) is 4.98 Å². The maximum absolute atomic E-state index is 4.69. The molecule has 1 atom stereocenters. The van der Waals surface area contributed by atoms with Gasteiger partial charge in [0.05, 0.1) is 11.4 Å². The molecule has 124 valence electrons. The van der Waals surface area contributed by atoms with Crippen LogP contribution in [0.4, 0.5) is 0 Å². The van der Waals surface area contributed by atoms with Crippen LogP contribution >= 0.6 is 11.3 Å². The molecule has 0 radical (unpaired) electrons. The monoisotopic (exact) mass is 340 g/mol. The molecule has 0 bridgehead atoms. The van der Waals surface area contributed by atoms with Gasteiger partial charge >= 0.3 is 0 Å². The van der Waals surface area contributed by atoms with E-state index in [2.05, 4.69) is 37.4 Å². The predicted molar refractivity (Wildman–Crippen MR) is 93.7 cm³/mol. The smallest absolute Gasteiger partial charge is 0.142 e. The Bertz CT molecular complexity index is 796. The summed E-state index contributed by atoms with van der Waals surface area (Å²) in [6, 6.07) is 6.36. The Balaban J connectivity index is 1.39. The van der Waals surface area contributed by atoms with Gasteiger partial charge in [0.15, 0.2) is 0 Å². The lowest BCUT2D eigenvalue weighted by atomic mass is 10.1. The second-order valence-corrected chi connectivity index (χ2v) is 6.83. The molecule has 0 amide bonds. The number of aromatic nitrogens is 5. The van der Waals surface area contributed by atoms with Crippen LogP contribution in [0.25, 0.3) is 10.7 Å². The summed E-state index contributed by atoms with van der Waals surface area (Å²) in [5, 5.41) is 15.3. The third-order valence-corrected chi connectivity index (χ3v) is 5.26. The van der Waals surface area contributed by atoms with Crippen LogP contribution in [0.2, 0.25) is 0 Å². The highest BCUT2D eigenvalue weighted by molar-refractivity contribution is 7.13. The Kier molecular flexibility index (Phi) is 4.36. The van der Waals surface area contributed by atoms with Gasteiger partial charge in [0.2, 0.25) is 0 Å². The van der Waals surface area contributed by atoms with E-state index in [1.54, 1.807) is 17.5 Å². The molecule has 3 aromatic rings. The Morgan fingerprint density at radius 2 is 2.29 bits per heavy atom. The third kappa shape index (κ3) is 3.09. The van der Waals surface area contributed by atoms with E-state index in [1.807, 2.05) is 18.2 Å². The minimum atomic E-state index is 0.443. The first kappa shape index (κ1) is 15.4. The lowest BCUT2D eigenvalue weighted by Crippen LogP contribution is -2.37. The summed E-state index contributed by atoms with van der Waals surface area (Å²) in [6.45, 7) is 3.86. The van der Waals surface area contributed by atoms with E-state index in [0.717, 1.165) is 60.4 Å². The van der Waals surface area contributed by atoms with Crippen LogP contribution in [0, 0.1) is 0 Å². The van der Waals surface area contributed by atoms with E-state index >= 15 is 0 Å². The molecule has 0 aliphatic carbocycles. The van der Waals surface area contributed by atoms with Gasteiger partial charge in [0, 0.05) is 43.5 Å². The van der Waals surface area contributed by atoms with Crippen LogP contribution in [0.5, 0.6) is 0 Å². The van der Waals surface area contributed by atoms with Gasteiger partial charge in [-0.1, -0.05) is 13.0 Å². The van der Waals surface area contributed by atoms with E-state index in [-0.39, 0.29) is 0 Å². The van der Waals surface area contributed by atoms with Gasteiger partial charge in [-0.05, 0) is 18.6 Å². The number of nitrogens with one attached hydrogen (secondary N) is 1. The molecule has 0 spiro atoms. The SMILES string of the molecule is CCc1nnc2n1C[C@H](NCc1csc(-c3ccccn3)n1)CC2. The molecule has 0 unspecified atom stereocenters. The first-order chi connectivity index (χ1) is 11.8. The number of hydrogen-bond donors (Lipinski definition) is 1. The second-order valence-electron chi connectivity index (χ2n) is 5.97. The Labute approximate surface area is 145 Å². The van der Waals surface area contributed by atoms with E-state index in [4.69, 9.17) is 4.98 Å². The normalized spacial score (nSPS) is 17.0. The highest BCUT2D eigenvalue weighted by Crippen LogP contribution is 2.22. The van der Waals surface area contributed by atoms with Crippen LogP contribution in [0.3, 0.4) is 0 Å². The van der Waals surface area contributed by atoms with Crippen molar-refractivity contribution in [2.45, 2.75) is 45.3 Å². The average molecular weight is 340 g/mol. The fourth-order valence-electron chi connectivity index (χ4n) is 3.06. The Morgan fingerprint density at radius 1 is 1.33 bits per heavy atom. The van der Waals surface area contributed by atoms with Crippen molar-refractivity contribution < 1.29 is 0 Å². The number of thiazole rings is 1. The maximum atomic E-state index is 4.69. The molecule has 0 aromatic carbocycles. The molecule has 4 rings (SSSR count). The van der Waals surface area contributed by atoms with Crippen LogP contribution in [-0.2, 0) is 25.9 Å². The lowest BCUT2D eigenvalue weighted by Gasteiger charge is -2.25. The van der Waals surface area contributed by atoms with E-state index in [9.17, 15) is 0 Å². The summed E-state index contributed by atoms with van der Waals surface area (Å²) < 4.78 is 2.27. The van der Waals surface area contributed by atoms with Gasteiger partial charge in [0.1, 0.15) is 16.7 Å². The molecule has 24 heavy (non-hydrogen) atoms. The van der Waals surface area contributed by atoms with E-state index in [0.29, 0.717) is 6.04 Å². The first-order valence-corrected chi connectivity index (χ1v) is 9.21. The summed E-state index contributed by atoms with van der Waals surface area (Å²) in [4.78, 5) is 9.06. The molecule has 0 saturated heterocycles. The predicted octanol–water partition coefficient (Wildman–Crippen LogP) is 2.46. The summed E-state index contributed by atoms with van der Waals surface area (Å²) in [6.07, 6.45) is 4.82. The van der Waals surface area contributed by atoms with Gasteiger partial charge < -0.3 is 9.88 Å². The number of nitrogens with zero attached hydrogens (tertiary/aromatic N) is 5. The van der Waals surface area contributed by atoms with Crippen molar-refractivity contribution in [3.05, 3.63) is 47.1 Å². The molecule has 0 saturated carbocycles. The zero-order chi connectivity index (χ0) is 16.4. The fraction of sp³-hybridized carbons (Fsp3) is 0.412. The molecule has 7 heteroatoms. The number of aryl methyl sites for hydroxylation is 2. The lowest BCUT2D eigenvalue weighted by molar-refractivity contribution is 0.372. The van der Waals surface area contributed by atoms with Crippen molar-refractivity contribution in [1.29, 1.82) is 0 Å². The number of pyridine rings is 1. The van der Waals surface area contributed by atoms with Crippen molar-refractivity contribution in [3.63, 3.8) is 0 Å². The van der Waals surface area contributed by atoms with Crippen molar-refractivity contribution in [2.24, 2.45) is 0 Å². The zero-order valence-corrected chi connectivity index (χ0v) is 14.5. The Hall–Kier alpha value is -2.12. The second kappa shape index (κ2) is 6.78. The molecule has 1 aliphatic rings. The summed E-state index contributed by atoms with van der Waals surface area (Å²) in [7, 11) is 0. The largest absolute Gasteiger partial charge is 0.313 e. The third-order valence-electron chi connectivity index (χ3n) is 4.35. The zero-order valence-electron chi connectivity index (χ0n) is 13.6. The topological polar surface area (TPSA) is 68.5 Å². The minimum absolute atomic E-state index is 0.443. The van der Waals surface area contributed by atoms with Gasteiger partial charge in [-0.25, -0.2) is 4.98 Å². The van der Waals surface area contributed by atoms with E-state index in [1.165, 1.54) is 0 Å². The number of hydrogen-bond acceptors (Lipinski definition) is 6. The Morgan fingerprint density at radius 3 is 3.12 bits per heavy atom. The standard InChI is InChI=1S/C17H20N6S/c1-2-15-21-22-16-7-6-12(10-23(15)16)19-9-13-11-24-17(20-13)14-5-3-4-8-18-14/h3-5,8,11-12,19H,2,6-7,9-10H2,1H3/t12-/m1/s1. The molecular formula is C17H20N6S. The van der Waals surface area contributed by atoms with Crippen LogP contribution in [0.1, 0.15) is 30.7 Å². The summed E-state index contributed by atoms with van der Waals surface area (Å²) in [5.41, 5.74) is 2.01. The van der Waals surface area contributed by atoms with Crippen LogP contribution < -0.4 is 5.32 Å². The highest BCUT2D eigenvalue weighted by Gasteiger charge is 2.22. The number of fused-ring (bicyclic) bond motifs is 1. The van der Waals surface area contributed by atoms with Crippen molar-refractivity contribution in [2.75, 3.05) is 0 Å². The molecule has 1 aliphatic heterocycles. The van der Waals surface area contributed by atoms with Gasteiger partial charge in [0.25, 0.3) is 0 Å². The van der Waals surface area contributed by atoms with Crippen molar-refractivity contribution >= 4 is 11.3 Å². The molecule has 0 fully saturated rings. The molecule has 1 N–H and O–H groups in total. The molecular weight excluding hydrogens is 320 g/mol. The molecule has 3 aromatic heterocycles. The summed E-state index contributed by atoms with van der Waals surface area (Å²) in [5.74, 6) is 2.21. The minimum Gasteiger partial charge on any atom is -0.313 e. The van der Waals surface area contributed by atoms with E-state index < -0.39 is 0 Å². The first-order valence-electron chi connectivity index (χ1n) is 8.33. The van der Waals surface area contributed by atoms with Gasteiger partial charge in [-0.2, -0.15) is 0 Å². The molecule has 4 heterocycles. The van der Waals surface area contributed by atoms with Crippen LogP contribution in [0.15, 0.2) is 29.8 Å². The van der Waals surface area contributed by atoms with Gasteiger partial charge in [-0.15, -0.1) is 21.5 Å². The van der Waals surface area contributed by atoms with Crippen molar-refractivity contribution in [3.8, 4) is 10.7 Å². The quantitative estimate of drug-likeness (QED) is 0.773. The maximum Gasteiger partial charge on any atom is 0.142 e. The highest BCUT2D eigenvalue weighted by atomic mass is 32.1. The summed E-state index contributed by atoms with van der Waals surface area (Å²) >= 11 is 1.65. The van der Waals surface area contributed by atoms with Crippen molar-refractivity contribution in [1.82, 2.24) is 30.0 Å². The fourth-order valence-corrected chi connectivity index (χ4v) is 3.85. The number of rotatable bonds is 5. The molecule has 6 nitrogen and oxygen atoms in total. The van der Waals surface area contributed by atoms with Crippen LogP contribution in [-0.4, -0.2) is 30.8 Å². The average Bonchev–Trinajstić information content (AvgIpc) is 3.27.